The first-order chi connectivity index (χ1) is 13.2. The summed E-state index contributed by atoms with van der Waals surface area (Å²) in [6, 6.07) is 8.96. The molecule has 0 radical (unpaired) electrons. The minimum atomic E-state index is 0.0283. The minimum Gasteiger partial charge on any atom is -0.497 e. The molecule has 0 spiro atoms. The molecule has 1 fully saturated rings. The first-order valence-electron chi connectivity index (χ1n) is 10.1. The number of H-pyrrole nitrogens is 1. The van der Waals surface area contributed by atoms with Crippen LogP contribution in [0.2, 0.25) is 0 Å². The average molecular weight is 365 g/mol. The summed E-state index contributed by atoms with van der Waals surface area (Å²) in [5.74, 6) is 0.647. The monoisotopic (exact) mass is 365 g/mol. The Morgan fingerprint density at radius 1 is 1.37 bits per heavy atom. The van der Waals surface area contributed by atoms with Crippen molar-refractivity contribution < 1.29 is 9.53 Å². The number of carbonyl (C=O) groups is 1. The van der Waals surface area contributed by atoms with Crippen molar-refractivity contribution in [2.45, 2.75) is 38.8 Å². The Hall–Kier alpha value is -2.27. The minimum absolute atomic E-state index is 0.0283. The van der Waals surface area contributed by atoms with Crippen molar-refractivity contribution in [3.05, 3.63) is 47.4 Å². The molecular formula is C22H27N3O2. The maximum atomic E-state index is 12.6. The molecule has 142 valence electrons. The van der Waals surface area contributed by atoms with E-state index in [1.807, 2.05) is 6.92 Å². The third kappa shape index (κ3) is 2.59. The van der Waals surface area contributed by atoms with Gasteiger partial charge in [0.15, 0.2) is 0 Å². The van der Waals surface area contributed by atoms with E-state index in [1.165, 1.54) is 22.2 Å². The molecule has 2 aromatic rings. The van der Waals surface area contributed by atoms with Gasteiger partial charge in [-0.25, -0.2) is 0 Å². The van der Waals surface area contributed by atoms with Gasteiger partial charge in [0.05, 0.1) is 24.0 Å². The van der Waals surface area contributed by atoms with Crippen LogP contribution < -0.4 is 5.32 Å². The van der Waals surface area contributed by atoms with Crippen LogP contribution in [0.4, 0.5) is 0 Å². The zero-order valence-corrected chi connectivity index (χ0v) is 16.0. The van der Waals surface area contributed by atoms with Gasteiger partial charge in [-0.2, -0.15) is 0 Å². The topological polar surface area (TPSA) is 57.4 Å². The van der Waals surface area contributed by atoms with Crippen LogP contribution in [0, 0.1) is 11.8 Å². The van der Waals surface area contributed by atoms with Gasteiger partial charge in [-0.1, -0.05) is 18.2 Å². The predicted octanol–water partition coefficient (Wildman–Crippen LogP) is 3.14. The van der Waals surface area contributed by atoms with Crippen LogP contribution in [0.1, 0.15) is 37.6 Å². The van der Waals surface area contributed by atoms with Crippen molar-refractivity contribution in [3.8, 4) is 0 Å². The zero-order chi connectivity index (χ0) is 18.5. The molecule has 1 saturated heterocycles. The molecule has 1 amide bonds. The summed E-state index contributed by atoms with van der Waals surface area (Å²) in [5, 5.41) is 4.32. The van der Waals surface area contributed by atoms with Gasteiger partial charge in [0.2, 0.25) is 0 Å². The summed E-state index contributed by atoms with van der Waals surface area (Å²) in [4.78, 5) is 18.9. The maximum absolute atomic E-state index is 12.6. The van der Waals surface area contributed by atoms with E-state index in [4.69, 9.17) is 4.74 Å². The van der Waals surface area contributed by atoms with Gasteiger partial charge in [-0.3, -0.25) is 9.69 Å². The van der Waals surface area contributed by atoms with E-state index in [-0.39, 0.29) is 17.9 Å². The molecule has 3 aliphatic rings. The van der Waals surface area contributed by atoms with Crippen LogP contribution in [0.5, 0.6) is 0 Å². The Morgan fingerprint density at radius 3 is 3.07 bits per heavy atom. The number of rotatable bonds is 2. The second kappa shape index (κ2) is 6.41. The number of nitrogens with zero attached hydrogens (tertiary/aromatic N) is 1. The average Bonchev–Trinajstić information content (AvgIpc) is 3.06. The van der Waals surface area contributed by atoms with E-state index in [0.717, 1.165) is 31.5 Å². The summed E-state index contributed by atoms with van der Waals surface area (Å²) in [6.45, 7) is 6.81. The van der Waals surface area contributed by atoms with Crippen molar-refractivity contribution in [2.75, 3.05) is 19.6 Å². The largest absolute Gasteiger partial charge is 0.497 e. The molecule has 4 heterocycles. The van der Waals surface area contributed by atoms with Gasteiger partial charge >= 0.3 is 0 Å². The number of aromatic nitrogens is 1. The molecule has 1 aromatic carbocycles. The van der Waals surface area contributed by atoms with Gasteiger partial charge in [0, 0.05) is 48.1 Å². The fourth-order valence-electron chi connectivity index (χ4n) is 5.35. The summed E-state index contributed by atoms with van der Waals surface area (Å²) >= 11 is 0. The van der Waals surface area contributed by atoms with E-state index in [0.29, 0.717) is 18.5 Å². The number of amides is 1. The molecule has 5 heteroatoms. The zero-order valence-electron chi connectivity index (χ0n) is 16.0. The van der Waals surface area contributed by atoms with Gasteiger partial charge < -0.3 is 15.0 Å². The third-order valence-electron chi connectivity index (χ3n) is 6.72. The number of aromatic amines is 1. The second-order valence-corrected chi connectivity index (χ2v) is 8.10. The van der Waals surface area contributed by atoms with E-state index >= 15 is 0 Å². The van der Waals surface area contributed by atoms with Crippen molar-refractivity contribution in [1.29, 1.82) is 0 Å². The standard InChI is InChI=1S/C22H27N3O2/c1-3-23-22(26)18-12-27-13(2)17-11-25-9-8-15-14-6-4-5-7-19(14)24-21(15)20(25)10-16(17)18/h4-7,12-13,16-17,20,24H,3,8-11H2,1-2H3,(H,23,26)/t13-,16?,17?,20?/m0/s1. The van der Waals surface area contributed by atoms with Crippen molar-refractivity contribution in [2.24, 2.45) is 11.8 Å². The Labute approximate surface area is 159 Å². The third-order valence-corrected chi connectivity index (χ3v) is 6.72. The van der Waals surface area contributed by atoms with Gasteiger partial charge in [0.25, 0.3) is 5.91 Å². The molecule has 0 bridgehead atoms. The lowest BCUT2D eigenvalue weighted by molar-refractivity contribution is -0.120. The number of ether oxygens (including phenoxy) is 1. The number of nitrogens with one attached hydrogen (secondary N) is 2. The van der Waals surface area contributed by atoms with Crippen molar-refractivity contribution in [3.63, 3.8) is 0 Å². The molecule has 3 aliphatic heterocycles. The predicted molar refractivity (Wildman–Crippen MR) is 105 cm³/mol. The first kappa shape index (κ1) is 16.9. The van der Waals surface area contributed by atoms with E-state index < -0.39 is 0 Å². The van der Waals surface area contributed by atoms with E-state index in [9.17, 15) is 4.79 Å². The van der Waals surface area contributed by atoms with Crippen LogP contribution in [-0.4, -0.2) is 41.5 Å². The first-order valence-corrected chi connectivity index (χ1v) is 10.1. The highest BCUT2D eigenvalue weighted by atomic mass is 16.5. The number of carbonyl (C=O) groups excluding carboxylic acids is 1. The normalized spacial score (nSPS) is 29.9. The molecule has 3 unspecified atom stereocenters. The molecule has 5 rings (SSSR count). The number of hydrogen-bond donors (Lipinski definition) is 2. The van der Waals surface area contributed by atoms with Crippen LogP contribution in [0.15, 0.2) is 36.1 Å². The Kier molecular flexibility index (Phi) is 4.01. The fourth-order valence-corrected chi connectivity index (χ4v) is 5.35. The SMILES string of the molecule is CCNC(=O)C1=CO[C@@H](C)C2CN3CCc4c([nH]c5ccccc45)C3CC12. The number of piperidine rings is 1. The molecule has 5 nitrogen and oxygen atoms in total. The summed E-state index contributed by atoms with van der Waals surface area (Å²) in [7, 11) is 0. The number of likely N-dealkylation sites (N-methyl/N-ethyl adjacent to an activating group) is 1. The highest BCUT2D eigenvalue weighted by molar-refractivity contribution is 5.94. The van der Waals surface area contributed by atoms with E-state index in [2.05, 4.69) is 46.4 Å². The Bertz CT molecular complexity index is 915. The van der Waals surface area contributed by atoms with Gasteiger partial charge in [-0.15, -0.1) is 0 Å². The summed E-state index contributed by atoms with van der Waals surface area (Å²) in [6.07, 6.45) is 3.93. The van der Waals surface area contributed by atoms with Crippen LogP contribution in [0.25, 0.3) is 10.9 Å². The van der Waals surface area contributed by atoms with E-state index in [1.54, 1.807) is 6.26 Å². The lowest BCUT2D eigenvalue weighted by Crippen LogP contribution is -2.52. The second-order valence-electron chi connectivity index (χ2n) is 8.10. The lowest BCUT2D eigenvalue weighted by Gasteiger charge is -2.49. The molecule has 1 aromatic heterocycles. The molecular weight excluding hydrogens is 338 g/mol. The highest BCUT2D eigenvalue weighted by Crippen LogP contribution is 2.47. The number of benzene rings is 1. The van der Waals surface area contributed by atoms with Crippen molar-refractivity contribution in [1.82, 2.24) is 15.2 Å². The van der Waals surface area contributed by atoms with Crippen LogP contribution in [0.3, 0.4) is 0 Å². The van der Waals surface area contributed by atoms with Crippen LogP contribution >= 0.6 is 0 Å². The summed E-state index contributed by atoms with van der Waals surface area (Å²) in [5.41, 5.74) is 4.87. The van der Waals surface area contributed by atoms with Gasteiger partial charge in [0.1, 0.15) is 0 Å². The Morgan fingerprint density at radius 2 is 2.22 bits per heavy atom. The quantitative estimate of drug-likeness (QED) is 0.860. The molecule has 0 aliphatic carbocycles. The molecule has 2 N–H and O–H groups in total. The maximum Gasteiger partial charge on any atom is 0.250 e. The molecule has 27 heavy (non-hydrogen) atoms. The van der Waals surface area contributed by atoms with Crippen molar-refractivity contribution >= 4 is 16.8 Å². The summed E-state index contributed by atoms with van der Waals surface area (Å²) < 4.78 is 5.87. The number of fused-ring (bicyclic) bond motifs is 6. The molecule has 0 saturated carbocycles. The molecule has 4 atom stereocenters. The number of para-hydroxylation sites is 1. The highest BCUT2D eigenvalue weighted by Gasteiger charge is 2.46. The lowest BCUT2D eigenvalue weighted by atomic mass is 9.72. The number of hydrogen-bond acceptors (Lipinski definition) is 3. The van der Waals surface area contributed by atoms with Gasteiger partial charge in [-0.05, 0) is 38.3 Å². The smallest absolute Gasteiger partial charge is 0.250 e. The van der Waals surface area contributed by atoms with Crippen LogP contribution in [-0.2, 0) is 16.0 Å². The Balaban J connectivity index is 1.52. The fraction of sp³-hybridized carbons (Fsp3) is 0.500.